The average Bonchev–Trinajstić information content (AvgIpc) is 3.35. The molecule has 0 saturated carbocycles. The Kier molecular flexibility index (Phi) is 9.81. The van der Waals surface area contributed by atoms with Crippen LogP contribution in [0.25, 0.3) is 0 Å². The molecular weight excluding hydrogens is 576 g/mol. The molecule has 0 unspecified atom stereocenters. The lowest BCUT2D eigenvalue weighted by Gasteiger charge is -2.36. The molecule has 5 rings (SSSR count). The van der Waals surface area contributed by atoms with E-state index >= 15 is 0 Å². The van der Waals surface area contributed by atoms with E-state index < -0.39 is 54.6 Å². The highest BCUT2D eigenvalue weighted by Gasteiger charge is 2.64. The molecule has 1 aliphatic rings. The quantitative estimate of drug-likeness (QED) is 0.118. The molecule has 1 aliphatic heterocycles. The van der Waals surface area contributed by atoms with Gasteiger partial charge in [-0.1, -0.05) is 78.9 Å². The van der Waals surface area contributed by atoms with Gasteiger partial charge < -0.3 is 23.7 Å². The predicted octanol–water partition coefficient (Wildman–Crippen LogP) is 5.82. The maximum atomic E-state index is 13.6. The van der Waals surface area contributed by atoms with Crippen LogP contribution in [0.1, 0.15) is 47.9 Å². The zero-order valence-electron chi connectivity index (χ0n) is 24.2. The van der Waals surface area contributed by atoms with Crippen molar-refractivity contribution in [1.82, 2.24) is 0 Å². The van der Waals surface area contributed by atoms with E-state index in [-0.39, 0.29) is 28.7 Å². The van der Waals surface area contributed by atoms with Gasteiger partial charge in [0.15, 0.2) is 6.10 Å². The van der Waals surface area contributed by atoms with Crippen LogP contribution in [0, 0.1) is 0 Å². The summed E-state index contributed by atoms with van der Waals surface area (Å²) < 4.78 is 29.7. The van der Waals surface area contributed by atoms with E-state index in [9.17, 15) is 19.2 Å². The molecule has 4 aromatic rings. The summed E-state index contributed by atoms with van der Waals surface area (Å²) in [6.45, 7) is 3.39. The number of benzene rings is 4. The Morgan fingerprint density at radius 2 is 1.04 bits per heavy atom. The fourth-order valence-corrected chi connectivity index (χ4v) is 4.93. The topological polar surface area (TPSA) is 114 Å². The summed E-state index contributed by atoms with van der Waals surface area (Å²) >= 11 is 0. The van der Waals surface area contributed by atoms with Gasteiger partial charge in [0.2, 0.25) is 11.9 Å². The van der Waals surface area contributed by atoms with Crippen LogP contribution in [-0.4, -0.2) is 54.6 Å². The lowest BCUT2D eigenvalue weighted by molar-refractivity contribution is -0.180. The lowest BCUT2D eigenvalue weighted by Crippen LogP contribution is -2.55. The fourth-order valence-electron chi connectivity index (χ4n) is 4.93. The van der Waals surface area contributed by atoms with E-state index in [4.69, 9.17) is 23.7 Å². The van der Waals surface area contributed by atoms with Crippen molar-refractivity contribution in [2.24, 2.45) is 0 Å². The fraction of sp³-hybridized carbons (Fsp3) is 0.167. The van der Waals surface area contributed by atoms with Crippen LogP contribution in [0.3, 0.4) is 0 Å². The number of carbonyl (C=O) groups is 4. The highest BCUT2D eigenvalue weighted by Crippen LogP contribution is 2.42. The Morgan fingerprint density at radius 3 is 1.51 bits per heavy atom. The maximum Gasteiger partial charge on any atom is 0.340 e. The largest absolute Gasteiger partial charge is 0.459 e. The van der Waals surface area contributed by atoms with Gasteiger partial charge in [0.25, 0.3) is 0 Å². The van der Waals surface area contributed by atoms with Crippen molar-refractivity contribution in [2.75, 3.05) is 6.61 Å². The Hall–Kier alpha value is -5.54. The minimum Gasteiger partial charge on any atom is -0.459 e. The number of hydrogen-bond acceptors (Lipinski definition) is 9. The van der Waals surface area contributed by atoms with E-state index in [0.717, 1.165) is 0 Å². The standard InChI is InChI=1S/C36H30O9/c1-2-23-36(45-34(40)28-21-13-6-14-22-28)30(43-32(38)26-17-9-4-10-18-26)29(24-41-31(37)25-15-7-3-8-16-25)42-35(36)44-33(39)27-19-11-5-12-20-27/h2-22,29-30,35H,1,23-24H2/t29-,30-,35-,36-/m1/s1. The second-order valence-corrected chi connectivity index (χ2v) is 10.1. The second-order valence-electron chi connectivity index (χ2n) is 10.1. The molecule has 4 aromatic carbocycles. The minimum absolute atomic E-state index is 0.159. The van der Waals surface area contributed by atoms with Crippen LogP contribution in [0.2, 0.25) is 0 Å². The third kappa shape index (κ3) is 7.17. The molecule has 4 atom stereocenters. The number of ether oxygens (including phenoxy) is 5. The van der Waals surface area contributed by atoms with Crippen LogP contribution in [0.5, 0.6) is 0 Å². The van der Waals surface area contributed by atoms with Gasteiger partial charge in [0, 0.05) is 6.42 Å². The molecule has 1 fully saturated rings. The monoisotopic (exact) mass is 606 g/mol. The Labute approximate surface area is 260 Å². The summed E-state index contributed by atoms with van der Waals surface area (Å²) in [4.78, 5) is 53.2. The highest BCUT2D eigenvalue weighted by molar-refractivity contribution is 5.92. The number of hydrogen-bond donors (Lipinski definition) is 0. The number of esters is 4. The lowest BCUT2D eigenvalue weighted by atomic mass is 9.90. The predicted molar refractivity (Wildman–Crippen MR) is 162 cm³/mol. The highest BCUT2D eigenvalue weighted by atomic mass is 16.8. The third-order valence-corrected chi connectivity index (χ3v) is 7.13. The molecule has 45 heavy (non-hydrogen) atoms. The van der Waals surface area contributed by atoms with Crippen molar-refractivity contribution in [2.45, 2.75) is 30.5 Å². The van der Waals surface area contributed by atoms with Gasteiger partial charge in [0.1, 0.15) is 12.7 Å². The molecule has 1 heterocycles. The summed E-state index contributed by atoms with van der Waals surface area (Å²) in [5.41, 5.74) is -1.02. The van der Waals surface area contributed by atoms with E-state index in [1.165, 1.54) is 6.08 Å². The summed E-state index contributed by atoms with van der Waals surface area (Å²) in [5.74, 6) is -2.99. The Morgan fingerprint density at radius 1 is 0.622 bits per heavy atom. The minimum atomic E-state index is -1.92. The SMILES string of the molecule is C=CC[C@]1(OC(=O)c2ccccc2)[C@@H](OC(=O)c2ccccc2)O[C@H](COC(=O)c2ccccc2)[C@H]1OC(=O)c1ccccc1. The van der Waals surface area contributed by atoms with Gasteiger partial charge in [-0.3, -0.25) is 0 Å². The van der Waals surface area contributed by atoms with Crippen LogP contribution >= 0.6 is 0 Å². The van der Waals surface area contributed by atoms with E-state index in [0.29, 0.717) is 0 Å². The first-order chi connectivity index (χ1) is 21.9. The molecule has 228 valence electrons. The van der Waals surface area contributed by atoms with Crippen LogP contribution in [-0.2, 0) is 23.7 Å². The van der Waals surface area contributed by atoms with Crippen molar-refractivity contribution in [3.63, 3.8) is 0 Å². The molecule has 0 bridgehead atoms. The normalized spacial score (nSPS) is 20.4. The average molecular weight is 607 g/mol. The summed E-state index contributed by atoms with van der Waals surface area (Å²) in [6, 6.07) is 32.8. The third-order valence-electron chi connectivity index (χ3n) is 7.13. The van der Waals surface area contributed by atoms with Crippen LogP contribution < -0.4 is 0 Å². The number of rotatable bonds is 11. The van der Waals surface area contributed by atoms with Gasteiger partial charge >= 0.3 is 23.9 Å². The van der Waals surface area contributed by atoms with Gasteiger partial charge in [-0.15, -0.1) is 6.58 Å². The van der Waals surface area contributed by atoms with Crippen LogP contribution in [0.15, 0.2) is 134 Å². The summed E-state index contributed by atoms with van der Waals surface area (Å²) in [5, 5.41) is 0. The first kappa shape index (κ1) is 30.9. The summed E-state index contributed by atoms with van der Waals surface area (Å²) in [6.07, 6.45) is -2.94. The van der Waals surface area contributed by atoms with Crippen molar-refractivity contribution in [3.05, 3.63) is 156 Å². The van der Waals surface area contributed by atoms with Gasteiger partial charge in [0.05, 0.1) is 22.3 Å². The molecule has 9 nitrogen and oxygen atoms in total. The molecule has 0 amide bonds. The van der Waals surface area contributed by atoms with Crippen molar-refractivity contribution >= 4 is 23.9 Å². The molecular formula is C36H30O9. The van der Waals surface area contributed by atoms with Gasteiger partial charge in [-0.2, -0.15) is 0 Å². The first-order valence-electron chi connectivity index (χ1n) is 14.2. The first-order valence-corrected chi connectivity index (χ1v) is 14.2. The van der Waals surface area contributed by atoms with Gasteiger partial charge in [-0.25, -0.2) is 19.2 Å². The zero-order chi connectivity index (χ0) is 31.6. The van der Waals surface area contributed by atoms with E-state index in [2.05, 4.69) is 6.58 Å². The Balaban J connectivity index is 1.54. The van der Waals surface area contributed by atoms with E-state index in [1.54, 1.807) is 121 Å². The number of carbonyl (C=O) groups excluding carboxylic acids is 4. The second kappa shape index (κ2) is 14.3. The molecule has 0 aliphatic carbocycles. The Bertz CT molecular complexity index is 1620. The molecule has 0 N–H and O–H groups in total. The molecule has 0 radical (unpaired) electrons. The maximum absolute atomic E-state index is 13.6. The molecule has 0 spiro atoms. The van der Waals surface area contributed by atoms with E-state index in [1.807, 2.05) is 0 Å². The van der Waals surface area contributed by atoms with Crippen molar-refractivity contribution in [1.29, 1.82) is 0 Å². The molecule has 1 saturated heterocycles. The molecule has 9 heteroatoms. The zero-order valence-corrected chi connectivity index (χ0v) is 24.2. The van der Waals surface area contributed by atoms with Crippen LogP contribution in [0.4, 0.5) is 0 Å². The van der Waals surface area contributed by atoms with Gasteiger partial charge in [-0.05, 0) is 48.5 Å². The van der Waals surface area contributed by atoms with Crippen molar-refractivity contribution in [3.8, 4) is 0 Å². The van der Waals surface area contributed by atoms with Crippen molar-refractivity contribution < 1.29 is 42.9 Å². The summed E-state index contributed by atoms with van der Waals surface area (Å²) in [7, 11) is 0. The molecule has 0 aromatic heterocycles. The smallest absolute Gasteiger partial charge is 0.340 e.